The standard InChI is InChI=1S/C17H19N3OS/c1-11-4-2-7-13(8-11)20-16(14-9-22-10-15(14)19-20)18-17(21)12-5-3-6-12/h2,4,7-8,12H,3,5-6,9-10H2,1H3,(H,18,21). The van der Waals surface area contributed by atoms with Crippen molar-refractivity contribution in [1.82, 2.24) is 9.78 Å². The highest BCUT2D eigenvalue weighted by molar-refractivity contribution is 7.98. The molecule has 0 atom stereocenters. The summed E-state index contributed by atoms with van der Waals surface area (Å²) in [6, 6.07) is 8.25. The van der Waals surface area contributed by atoms with Gasteiger partial charge in [-0.15, -0.1) is 0 Å². The third kappa shape index (κ3) is 2.33. The zero-order chi connectivity index (χ0) is 15.1. The van der Waals surface area contributed by atoms with Gasteiger partial charge in [-0.05, 0) is 37.5 Å². The fourth-order valence-corrected chi connectivity index (χ4v) is 4.01. The Balaban J connectivity index is 1.73. The number of carbonyl (C=O) groups excluding carboxylic acids is 1. The van der Waals surface area contributed by atoms with Crippen molar-refractivity contribution >= 4 is 23.5 Å². The van der Waals surface area contributed by atoms with Crippen molar-refractivity contribution in [3.05, 3.63) is 41.1 Å². The van der Waals surface area contributed by atoms with Crippen LogP contribution in [0, 0.1) is 12.8 Å². The van der Waals surface area contributed by atoms with Gasteiger partial charge in [0.25, 0.3) is 0 Å². The van der Waals surface area contributed by atoms with Crippen LogP contribution in [0.3, 0.4) is 0 Å². The number of aromatic nitrogens is 2. The summed E-state index contributed by atoms with van der Waals surface area (Å²) in [5.74, 6) is 3.08. The normalized spacial score (nSPS) is 17.1. The van der Waals surface area contributed by atoms with Crippen LogP contribution in [0.4, 0.5) is 5.82 Å². The molecule has 4 nitrogen and oxygen atoms in total. The molecule has 0 spiro atoms. The maximum atomic E-state index is 12.4. The van der Waals surface area contributed by atoms with E-state index in [2.05, 4.69) is 24.4 Å². The molecule has 0 radical (unpaired) electrons. The maximum absolute atomic E-state index is 12.4. The molecular weight excluding hydrogens is 294 g/mol. The average Bonchev–Trinajstić information content (AvgIpc) is 2.99. The van der Waals surface area contributed by atoms with Crippen molar-refractivity contribution in [2.75, 3.05) is 5.32 Å². The van der Waals surface area contributed by atoms with E-state index in [0.717, 1.165) is 41.5 Å². The van der Waals surface area contributed by atoms with Gasteiger partial charge in [-0.3, -0.25) is 4.79 Å². The van der Waals surface area contributed by atoms with Crippen LogP contribution in [0.1, 0.15) is 36.1 Å². The molecule has 0 bridgehead atoms. The smallest absolute Gasteiger partial charge is 0.228 e. The number of nitrogens with zero attached hydrogens (tertiary/aromatic N) is 2. The molecular formula is C17H19N3OS. The summed E-state index contributed by atoms with van der Waals surface area (Å²) >= 11 is 1.86. The Labute approximate surface area is 134 Å². The molecule has 5 heteroatoms. The first kappa shape index (κ1) is 13.9. The molecule has 22 heavy (non-hydrogen) atoms. The van der Waals surface area contributed by atoms with Crippen LogP contribution in [0.25, 0.3) is 5.69 Å². The quantitative estimate of drug-likeness (QED) is 0.940. The zero-order valence-corrected chi connectivity index (χ0v) is 13.4. The molecule has 4 rings (SSSR count). The molecule has 1 aromatic carbocycles. The highest BCUT2D eigenvalue weighted by Gasteiger charge is 2.29. The number of anilines is 1. The van der Waals surface area contributed by atoms with Crippen LogP contribution in [0.2, 0.25) is 0 Å². The summed E-state index contributed by atoms with van der Waals surface area (Å²) in [5.41, 5.74) is 4.51. The van der Waals surface area contributed by atoms with Crippen LogP contribution in [0.5, 0.6) is 0 Å². The number of rotatable bonds is 3. The fourth-order valence-electron chi connectivity index (χ4n) is 2.98. The Morgan fingerprint density at radius 3 is 2.95 bits per heavy atom. The van der Waals surface area contributed by atoms with Crippen molar-refractivity contribution < 1.29 is 4.79 Å². The molecule has 2 aliphatic rings. The van der Waals surface area contributed by atoms with Crippen LogP contribution < -0.4 is 5.32 Å². The number of amides is 1. The van der Waals surface area contributed by atoms with Gasteiger partial charge in [0.05, 0.1) is 11.4 Å². The topological polar surface area (TPSA) is 46.9 Å². The molecule has 1 aromatic heterocycles. The first-order valence-electron chi connectivity index (χ1n) is 7.79. The molecule has 1 aliphatic heterocycles. The van der Waals surface area contributed by atoms with E-state index in [-0.39, 0.29) is 11.8 Å². The minimum absolute atomic E-state index is 0.153. The molecule has 0 unspecified atom stereocenters. The Kier molecular flexibility index (Phi) is 3.45. The molecule has 1 aliphatic carbocycles. The summed E-state index contributed by atoms with van der Waals surface area (Å²) in [6.07, 6.45) is 3.20. The summed E-state index contributed by atoms with van der Waals surface area (Å²) in [4.78, 5) is 12.4. The number of hydrogen-bond donors (Lipinski definition) is 1. The van der Waals surface area contributed by atoms with Gasteiger partial charge in [0.2, 0.25) is 5.91 Å². The largest absolute Gasteiger partial charge is 0.310 e. The monoisotopic (exact) mass is 313 g/mol. The SMILES string of the molecule is Cc1cccc(-n2nc3c(c2NC(=O)C2CCC2)CSC3)c1. The van der Waals surface area contributed by atoms with Gasteiger partial charge in [0.15, 0.2) is 0 Å². The van der Waals surface area contributed by atoms with Crippen molar-refractivity contribution in [2.24, 2.45) is 5.92 Å². The summed E-state index contributed by atoms with van der Waals surface area (Å²) < 4.78 is 1.91. The Morgan fingerprint density at radius 2 is 2.23 bits per heavy atom. The van der Waals surface area contributed by atoms with Crippen LogP contribution >= 0.6 is 11.8 Å². The number of hydrogen-bond acceptors (Lipinski definition) is 3. The second-order valence-corrected chi connectivity index (χ2v) is 7.12. The number of thioether (sulfide) groups is 1. The molecule has 1 N–H and O–H groups in total. The van der Waals surface area contributed by atoms with Crippen LogP contribution in [-0.2, 0) is 16.3 Å². The van der Waals surface area contributed by atoms with Gasteiger partial charge in [-0.25, -0.2) is 4.68 Å². The van der Waals surface area contributed by atoms with E-state index in [1.165, 1.54) is 17.5 Å². The molecule has 114 valence electrons. The predicted octanol–water partition coefficient (Wildman–Crippen LogP) is 3.67. The minimum atomic E-state index is 0.153. The number of nitrogens with one attached hydrogen (secondary N) is 1. The second kappa shape index (κ2) is 5.47. The number of benzene rings is 1. The van der Waals surface area contributed by atoms with Crippen molar-refractivity contribution in [3.63, 3.8) is 0 Å². The van der Waals surface area contributed by atoms with Crippen molar-refractivity contribution in [2.45, 2.75) is 37.7 Å². The molecule has 1 amide bonds. The lowest BCUT2D eigenvalue weighted by atomic mass is 9.85. The first-order valence-corrected chi connectivity index (χ1v) is 8.94. The fraction of sp³-hybridized carbons (Fsp3) is 0.412. The lowest BCUT2D eigenvalue weighted by Gasteiger charge is -2.24. The second-order valence-electron chi connectivity index (χ2n) is 6.13. The predicted molar refractivity (Wildman–Crippen MR) is 89.3 cm³/mol. The van der Waals surface area contributed by atoms with Gasteiger partial charge >= 0.3 is 0 Å². The Hall–Kier alpha value is -1.75. The van der Waals surface area contributed by atoms with Gasteiger partial charge in [0, 0.05) is 23.0 Å². The lowest BCUT2D eigenvalue weighted by molar-refractivity contribution is -0.122. The molecule has 1 saturated carbocycles. The van der Waals surface area contributed by atoms with E-state index < -0.39 is 0 Å². The van der Waals surface area contributed by atoms with Crippen molar-refractivity contribution in [1.29, 1.82) is 0 Å². The van der Waals surface area contributed by atoms with Gasteiger partial charge < -0.3 is 5.32 Å². The highest BCUT2D eigenvalue weighted by Crippen LogP contribution is 2.37. The number of aryl methyl sites for hydroxylation is 1. The summed E-state index contributed by atoms with van der Waals surface area (Å²) in [7, 11) is 0. The van der Waals surface area contributed by atoms with E-state index in [1.807, 2.05) is 28.6 Å². The van der Waals surface area contributed by atoms with Gasteiger partial charge in [0.1, 0.15) is 5.82 Å². The van der Waals surface area contributed by atoms with Crippen molar-refractivity contribution in [3.8, 4) is 5.69 Å². The molecule has 2 heterocycles. The molecule has 1 fully saturated rings. The third-order valence-corrected chi connectivity index (χ3v) is 5.49. The van der Waals surface area contributed by atoms with Gasteiger partial charge in [-0.2, -0.15) is 16.9 Å². The van der Waals surface area contributed by atoms with E-state index in [1.54, 1.807) is 0 Å². The first-order chi connectivity index (χ1) is 10.7. The summed E-state index contributed by atoms with van der Waals surface area (Å²) in [5, 5.41) is 7.90. The summed E-state index contributed by atoms with van der Waals surface area (Å²) in [6.45, 7) is 2.07. The van der Waals surface area contributed by atoms with Crippen LogP contribution in [-0.4, -0.2) is 15.7 Å². The average molecular weight is 313 g/mol. The van der Waals surface area contributed by atoms with E-state index in [0.29, 0.717) is 0 Å². The Bertz CT molecular complexity index is 734. The van der Waals surface area contributed by atoms with Gasteiger partial charge in [-0.1, -0.05) is 18.6 Å². The van der Waals surface area contributed by atoms with E-state index in [4.69, 9.17) is 5.10 Å². The number of fused-ring (bicyclic) bond motifs is 1. The van der Waals surface area contributed by atoms with E-state index >= 15 is 0 Å². The van der Waals surface area contributed by atoms with Crippen LogP contribution in [0.15, 0.2) is 24.3 Å². The maximum Gasteiger partial charge on any atom is 0.228 e. The third-order valence-electron chi connectivity index (χ3n) is 4.52. The highest BCUT2D eigenvalue weighted by atomic mass is 32.2. The zero-order valence-electron chi connectivity index (χ0n) is 12.6. The lowest BCUT2D eigenvalue weighted by Crippen LogP contribution is -2.29. The van der Waals surface area contributed by atoms with E-state index in [9.17, 15) is 4.79 Å². The number of carbonyl (C=O) groups is 1. The molecule has 2 aromatic rings. The Morgan fingerprint density at radius 1 is 1.36 bits per heavy atom. The minimum Gasteiger partial charge on any atom is -0.310 e. The molecule has 0 saturated heterocycles.